The van der Waals surface area contributed by atoms with Crippen molar-refractivity contribution in [2.45, 2.75) is 6.10 Å². The van der Waals surface area contributed by atoms with Gasteiger partial charge in [0.05, 0.1) is 4.91 Å². The lowest BCUT2D eigenvalue weighted by Gasteiger charge is -2.25. The van der Waals surface area contributed by atoms with Crippen molar-refractivity contribution in [3.8, 4) is 11.5 Å². The van der Waals surface area contributed by atoms with Gasteiger partial charge in [0, 0.05) is 18.1 Å². The van der Waals surface area contributed by atoms with Crippen LogP contribution < -0.4 is 14.8 Å². The predicted molar refractivity (Wildman–Crippen MR) is 113 cm³/mol. The molecular weight excluding hydrogens is 428 g/mol. The van der Waals surface area contributed by atoms with Gasteiger partial charge in [0.2, 0.25) is 6.10 Å². The van der Waals surface area contributed by atoms with Gasteiger partial charge in [0.25, 0.3) is 17.1 Å². The van der Waals surface area contributed by atoms with E-state index in [0.29, 0.717) is 27.0 Å². The molecule has 1 unspecified atom stereocenters. The van der Waals surface area contributed by atoms with Crippen LogP contribution in [0.25, 0.3) is 6.08 Å². The van der Waals surface area contributed by atoms with Gasteiger partial charge in [-0.15, -0.1) is 0 Å². The first-order valence-electron chi connectivity index (χ1n) is 9.19. The van der Waals surface area contributed by atoms with Crippen LogP contribution in [0.3, 0.4) is 0 Å². The van der Waals surface area contributed by atoms with Crippen molar-refractivity contribution < 1.29 is 23.9 Å². The summed E-state index contributed by atoms with van der Waals surface area (Å²) in [6.07, 6.45) is 0.797. The fraction of sp³-hybridized carbons (Fsp3) is 0.190. The highest BCUT2D eigenvalue weighted by atomic mass is 35.5. The van der Waals surface area contributed by atoms with Crippen LogP contribution in [0.1, 0.15) is 5.56 Å². The quantitative estimate of drug-likeness (QED) is 0.712. The molecule has 7 nitrogen and oxygen atoms in total. The number of para-hydroxylation sites is 2. The number of halogens is 1. The molecule has 2 aromatic carbocycles. The number of nitrogens with one attached hydrogen (secondary N) is 1. The Morgan fingerprint density at radius 1 is 1.17 bits per heavy atom. The summed E-state index contributed by atoms with van der Waals surface area (Å²) in [6, 6.07) is 14.2. The number of nitrogens with zero attached hydrogens (tertiary/aromatic N) is 1. The van der Waals surface area contributed by atoms with Crippen LogP contribution in [0.2, 0.25) is 5.02 Å². The minimum absolute atomic E-state index is 0.0560. The minimum atomic E-state index is -0.796. The second-order valence-corrected chi connectivity index (χ2v) is 7.91. The Hall–Kier alpha value is -2.97. The average molecular weight is 445 g/mol. The lowest BCUT2D eigenvalue weighted by Crippen LogP contribution is -2.46. The molecule has 1 N–H and O–H groups in total. The molecule has 1 atom stereocenters. The van der Waals surface area contributed by atoms with E-state index in [9.17, 15) is 14.4 Å². The number of thioether (sulfide) groups is 1. The third kappa shape index (κ3) is 4.29. The van der Waals surface area contributed by atoms with Gasteiger partial charge in [-0.25, -0.2) is 0 Å². The summed E-state index contributed by atoms with van der Waals surface area (Å²) in [6.45, 7) is 0.253. The number of fused-ring (bicyclic) bond motifs is 1. The Balaban J connectivity index is 1.32. The summed E-state index contributed by atoms with van der Waals surface area (Å²) in [5.74, 6) is 0.303. The van der Waals surface area contributed by atoms with Gasteiger partial charge >= 0.3 is 0 Å². The van der Waals surface area contributed by atoms with Crippen molar-refractivity contribution in [2.75, 3.05) is 19.7 Å². The van der Waals surface area contributed by atoms with E-state index in [1.165, 1.54) is 0 Å². The van der Waals surface area contributed by atoms with Crippen LogP contribution >= 0.6 is 23.4 Å². The van der Waals surface area contributed by atoms with E-state index in [0.717, 1.165) is 16.7 Å². The molecule has 0 spiro atoms. The number of imide groups is 1. The molecule has 2 heterocycles. The summed E-state index contributed by atoms with van der Waals surface area (Å²) in [7, 11) is 0. The van der Waals surface area contributed by atoms with E-state index in [1.54, 1.807) is 48.5 Å². The zero-order chi connectivity index (χ0) is 21.1. The van der Waals surface area contributed by atoms with Crippen LogP contribution in [-0.4, -0.2) is 47.8 Å². The number of carbonyl (C=O) groups is 3. The number of ether oxygens (including phenoxy) is 2. The molecule has 2 aliphatic rings. The van der Waals surface area contributed by atoms with Crippen molar-refractivity contribution in [2.24, 2.45) is 0 Å². The second-order valence-electron chi connectivity index (χ2n) is 6.51. The number of amides is 3. The Bertz CT molecular complexity index is 1040. The smallest absolute Gasteiger partial charge is 0.293 e. The standard InChI is InChI=1S/C21H17ClN2O5S/c22-14-6-2-1-5-13(14)11-18-20(26)24(21(27)30-18)10-9-23-19(25)17-12-28-15-7-3-4-8-16(15)29-17/h1-8,11,17H,9-10,12H2,(H,23,25)/b18-11-. The van der Waals surface area contributed by atoms with E-state index in [2.05, 4.69) is 5.32 Å². The van der Waals surface area contributed by atoms with Crippen LogP contribution in [-0.2, 0) is 9.59 Å². The second kappa shape index (κ2) is 8.81. The Morgan fingerprint density at radius 2 is 1.90 bits per heavy atom. The van der Waals surface area contributed by atoms with Crippen LogP contribution in [0.15, 0.2) is 53.4 Å². The van der Waals surface area contributed by atoms with Crippen LogP contribution in [0.5, 0.6) is 11.5 Å². The molecule has 0 saturated carbocycles. The number of benzene rings is 2. The third-order valence-corrected chi connectivity index (χ3v) is 5.75. The third-order valence-electron chi connectivity index (χ3n) is 4.50. The maximum atomic E-state index is 12.6. The van der Waals surface area contributed by atoms with E-state index < -0.39 is 17.3 Å². The van der Waals surface area contributed by atoms with Gasteiger partial charge in [-0.3, -0.25) is 19.3 Å². The highest BCUT2D eigenvalue weighted by molar-refractivity contribution is 8.18. The SMILES string of the molecule is O=C(NCCN1C(=O)S/C(=C\c2ccccc2Cl)C1=O)C1COc2ccccc2O1. The zero-order valence-electron chi connectivity index (χ0n) is 15.7. The maximum absolute atomic E-state index is 12.6. The van der Waals surface area contributed by atoms with Gasteiger partial charge in [-0.05, 0) is 41.6 Å². The van der Waals surface area contributed by atoms with E-state index in [4.69, 9.17) is 21.1 Å². The Labute approximate surface area is 182 Å². The molecule has 2 aromatic rings. The van der Waals surface area contributed by atoms with E-state index in [1.807, 2.05) is 6.07 Å². The topological polar surface area (TPSA) is 84.9 Å². The van der Waals surface area contributed by atoms with Gasteiger partial charge in [0.1, 0.15) is 6.61 Å². The van der Waals surface area contributed by atoms with Crippen molar-refractivity contribution in [3.05, 3.63) is 64.0 Å². The molecule has 3 amide bonds. The fourth-order valence-corrected chi connectivity index (χ4v) is 4.03. The van der Waals surface area contributed by atoms with Crippen molar-refractivity contribution in [1.29, 1.82) is 0 Å². The summed E-state index contributed by atoms with van der Waals surface area (Å²) in [5, 5.41) is 2.79. The maximum Gasteiger partial charge on any atom is 0.293 e. The highest BCUT2D eigenvalue weighted by Gasteiger charge is 2.35. The molecule has 0 radical (unpaired) electrons. The molecule has 2 aliphatic heterocycles. The summed E-state index contributed by atoms with van der Waals surface area (Å²) in [4.78, 5) is 38.5. The molecular formula is C21H17ClN2O5S. The van der Waals surface area contributed by atoms with Crippen LogP contribution in [0, 0.1) is 0 Å². The molecule has 1 saturated heterocycles. The Morgan fingerprint density at radius 3 is 2.70 bits per heavy atom. The first-order chi connectivity index (χ1) is 14.5. The average Bonchev–Trinajstić information content (AvgIpc) is 3.02. The van der Waals surface area contributed by atoms with Crippen molar-refractivity contribution >= 4 is 46.5 Å². The number of rotatable bonds is 5. The van der Waals surface area contributed by atoms with Crippen molar-refractivity contribution in [3.63, 3.8) is 0 Å². The first kappa shape index (κ1) is 20.3. The fourth-order valence-electron chi connectivity index (χ4n) is 2.98. The van der Waals surface area contributed by atoms with Gasteiger partial charge in [-0.2, -0.15) is 0 Å². The van der Waals surface area contributed by atoms with E-state index in [-0.39, 0.29) is 25.6 Å². The van der Waals surface area contributed by atoms with Gasteiger partial charge in [0.15, 0.2) is 11.5 Å². The lowest BCUT2D eigenvalue weighted by molar-refractivity contribution is -0.131. The first-order valence-corrected chi connectivity index (χ1v) is 10.4. The van der Waals surface area contributed by atoms with E-state index >= 15 is 0 Å². The molecule has 154 valence electrons. The number of hydrogen-bond acceptors (Lipinski definition) is 6. The van der Waals surface area contributed by atoms with Gasteiger partial charge < -0.3 is 14.8 Å². The number of hydrogen-bond donors (Lipinski definition) is 1. The lowest BCUT2D eigenvalue weighted by atomic mass is 10.2. The molecule has 0 aromatic heterocycles. The van der Waals surface area contributed by atoms with Crippen molar-refractivity contribution in [1.82, 2.24) is 10.2 Å². The van der Waals surface area contributed by atoms with Gasteiger partial charge in [-0.1, -0.05) is 41.9 Å². The Kier molecular flexibility index (Phi) is 5.96. The molecule has 30 heavy (non-hydrogen) atoms. The molecule has 0 aliphatic carbocycles. The minimum Gasteiger partial charge on any atom is -0.485 e. The summed E-state index contributed by atoms with van der Waals surface area (Å²) >= 11 is 6.96. The molecule has 9 heteroatoms. The highest BCUT2D eigenvalue weighted by Crippen LogP contribution is 2.33. The summed E-state index contributed by atoms with van der Waals surface area (Å²) < 4.78 is 11.2. The number of carbonyl (C=O) groups excluding carboxylic acids is 3. The largest absolute Gasteiger partial charge is 0.485 e. The van der Waals surface area contributed by atoms with Crippen LogP contribution in [0.4, 0.5) is 4.79 Å². The summed E-state index contributed by atoms with van der Waals surface area (Å²) in [5.41, 5.74) is 0.660. The zero-order valence-corrected chi connectivity index (χ0v) is 17.2. The molecule has 4 rings (SSSR count). The normalized spacial score (nSPS) is 19.3. The molecule has 1 fully saturated rings. The molecule has 0 bridgehead atoms. The predicted octanol–water partition coefficient (Wildman–Crippen LogP) is 3.33. The monoisotopic (exact) mass is 444 g/mol.